The van der Waals surface area contributed by atoms with Gasteiger partial charge in [0, 0.05) is 18.6 Å². The minimum absolute atomic E-state index is 0.162. The van der Waals surface area contributed by atoms with Crippen LogP contribution in [0.15, 0.2) is 18.2 Å². The van der Waals surface area contributed by atoms with Gasteiger partial charge in [0.15, 0.2) is 11.6 Å². The van der Waals surface area contributed by atoms with Gasteiger partial charge in [0.1, 0.15) is 0 Å². The van der Waals surface area contributed by atoms with Gasteiger partial charge in [-0.15, -0.1) is 0 Å². The maximum Gasteiger partial charge on any atom is 0.165 e. The smallest absolute Gasteiger partial charge is 0.165 e. The monoisotopic (exact) mass is 240 g/mol. The summed E-state index contributed by atoms with van der Waals surface area (Å²) in [4.78, 5) is 0. The van der Waals surface area contributed by atoms with E-state index in [1.165, 1.54) is 6.07 Å². The highest BCUT2D eigenvalue weighted by Gasteiger charge is 2.21. The lowest BCUT2D eigenvalue weighted by atomic mass is 9.84. The maximum absolute atomic E-state index is 13.7. The van der Waals surface area contributed by atoms with Crippen molar-refractivity contribution < 1.29 is 9.13 Å². The Balaban J connectivity index is 2.88. The normalized spacial score (nSPS) is 11.6. The van der Waals surface area contributed by atoms with Crippen LogP contribution in [0.5, 0.6) is 5.75 Å². The summed E-state index contributed by atoms with van der Waals surface area (Å²) in [6, 6.07) is 5.10. The molecular weight excluding hydrogens is 219 g/mol. The molecule has 0 aliphatic carbocycles. The number of ether oxygens (including phenoxy) is 1. The van der Waals surface area contributed by atoms with Crippen molar-refractivity contribution in [3.63, 3.8) is 0 Å². The number of halogens is 1. The molecule has 0 aliphatic rings. The Labute approximate surface area is 102 Å². The second kappa shape index (κ2) is 5.98. The van der Waals surface area contributed by atoms with E-state index < -0.39 is 0 Å². The molecule has 17 heavy (non-hydrogen) atoms. The molecule has 0 spiro atoms. The first-order valence-electron chi connectivity index (χ1n) is 5.85. The predicted molar refractivity (Wildman–Crippen MR) is 67.7 cm³/mol. The molecule has 0 fully saturated rings. The van der Waals surface area contributed by atoms with Crippen LogP contribution in [0.3, 0.4) is 0 Å². The van der Waals surface area contributed by atoms with E-state index in [1.54, 1.807) is 6.07 Å². The Kier molecular flexibility index (Phi) is 4.90. The van der Waals surface area contributed by atoms with E-state index in [1.807, 2.05) is 26.8 Å². The third-order valence-electron chi connectivity index (χ3n) is 2.72. The van der Waals surface area contributed by atoms with Crippen LogP contribution in [0.1, 0.15) is 26.3 Å². The quantitative estimate of drug-likeness (QED) is 0.748. The van der Waals surface area contributed by atoms with E-state index in [4.69, 9.17) is 10.5 Å². The van der Waals surface area contributed by atoms with Crippen molar-refractivity contribution in [2.45, 2.75) is 26.2 Å². The molecule has 96 valence electrons. The first-order chi connectivity index (χ1) is 8.01. The number of benzene rings is 1. The summed E-state index contributed by atoms with van der Waals surface area (Å²) >= 11 is 0. The Bertz CT molecular complexity index is 366. The summed E-state index contributed by atoms with van der Waals surface area (Å²) in [5.41, 5.74) is 6.17. The summed E-state index contributed by atoms with van der Waals surface area (Å²) in [6.45, 7) is 7.52. The second-order valence-corrected chi connectivity index (χ2v) is 4.59. The van der Waals surface area contributed by atoms with Crippen LogP contribution in [-0.4, -0.2) is 19.8 Å². The summed E-state index contributed by atoms with van der Waals surface area (Å²) in [5.74, 6) is -0.0102. The lowest BCUT2D eigenvalue weighted by Crippen LogP contribution is -2.36. The van der Waals surface area contributed by atoms with Crippen LogP contribution in [0, 0.1) is 5.82 Å². The largest absolute Gasteiger partial charge is 0.491 e. The number of hydrogen-bond donors (Lipinski definition) is 2. The molecule has 4 heteroatoms. The Morgan fingerprint density at radius 1 is 1.41 bits per heavy atom. The molecule has 0 aromatic heterocycles. The summed E-state index contributed by atoms with van der Waals surface area (Å²) < 4.78 is 18.9. The zero-order valence-corrected chi connectivity index (χ0v) is 10.7. The topological polar surface area (TPSA) is 47.3 Å². The fraction of sp³-hybridized carbons (Fsp3) is 0.538. The molecule has 0 aliphatic heterocycles. The van der Waals surface area contributed by atoms with Gasteiger partial charge in [-0.25, -0.2) is 4.39 Å². The molecule has 0 bridgehead atoms. The maximum atomic E-state index is 13.7. The minimum atomic E-state index is -0.315. The Morgan fingerprint density at radius 3 is 2.65 bits per heavy atom. The van der Waals surface area contributed by atoms with Gasteiger partial charge >= 0.3 is 0 Å². The average Bonchev–Trinajstić information content (AvgIpc) is 2.29. The van der Waals surface area contributed by atoms with Crippen LogP contribution in [0.2, 0.25) is 0 Å². The van der Waals surface area contributed by atoms with Crippen LogP contribution in [0.4, 0.5) is 4.39 Å². The third kappa shape index (κ3) is 3.68. The number of nitrogens with two attached hydrogens (primary N) is 1. The van der Waals surface area contributed by atoms with E-state index in [0.717, 1.165) is 5.56 Å². The van der Waals surface area contributed by atoms with Gasteiger partial charge in [-0.3, -0.25) is 0 Å². The molecule has 1 aromatic rings. The second-order valence-electron chi connectivity index (χ2n) is 4.59. The van der Waals surface area contributed by atoms with Crippen molar-refractivity contribution in [2.24, 2.45) is 5.73 Å². The molecule has 3 N–H and O–H groups in total. The fourth-order valence-corrected chi connectivity index (χ4v) is 1.68. The summed E-state index contributed by atoms with van der Waals surface area (Å²) in [7, 11) is 0. The Morgan fingerprint density at radius 2 is 2.12 bits per heavy atom. The molecule has 1 aromatic carbocycles. The van der Waals surface area contributed by atoms with Crippen molar-refractivity contribution in [2.75, 3.05) is 19.8 Å². The zero-order chi connectivity index (χ0) is 12.9. The molecule has 0 saturated heterocycles. The molecule has 0 heterocycles. The van der Waals surface area contributed by atoms with E-state index in [-0.39, 0.29) is 11.2 Å². The van der Waals surface area contributed by atoms with E-state index in [9.17, 15) is 4.39 Å². The van der Waals surface area contributed by atoms with Crippen molar-refractivity contribution in [1.82, 2.24) is 5.32 Å². The molecular formula is C13H21FN2O. The predicted octanol–water partition coefficient (Wildman–Crippen LogP) is 2.01. The van der Waals surface area contributed by atoms with Gasteiger partial charge in [0.05, 0.1) is 6.61 Å². The fourth-order valence-electron chi connectivity index (χ4n) is 1.68. The summed E-state index contributed by atoms with van der Waals surface area (Å²) in [6.07, 6.45) is 0. The standard InChI is InChI=1S/C13H21FN2O/c1-4-17-12-6-5-10(7-11(12)14)13(2,3)8-16-9-15/h5-7,16H,4,8-9,15H2,1-3H3. The van der Waals surface area contributed by atoms with Gasteiger partial charge < -0.3 is 15.8 Å². The lowest BCUT2D eigenvalue weighted by molar-refractivity contribution is 0.320. The highest BCUT2D eigenvalue weighted by Crippen LogP contribution is 2.27. The van der Waals surface area contributed by atoms with Gasteiger partial charge in [-0.2, -0.15) is 0 Å². The van der Waals surface area contributed by atoms with Gasteiger partial charge in [0.2, 0.25) is 0 Å². The van der Waals surface area contributed by atoms with Crippen LogP contribution < -0.4 is 15.8 Å². The van der Waals surface area contributed by atoms with E-state index >= 15 is 0 Å². The van der Waals surface area contributed by atoms with Crippen molar-refractivity contribution in [3.05, 3.63) is 29.6 Å². The van der Waals surface area contributed by atoms with Gasteiger partial charge in [-0.05, 0) is 24.6 Å². The highest BCUT2D eigenvalue weighted by molar-refractivity contribution is 5.33. The van der Waals surface area contributed by atoms with Crippen molar-refractivity contribution >= 4 is 0 Å². The lowest BCUT2D eigenvalue weighted by Gasteiger charge is -2.25. The summed E-state index contributed by atoms with van der Waals surface area (Å²) in [5, 5.41) is 3.07. The third-order valence-corrected chi connectivity index (χ3v) is 2.72. The highest BCUT2D eigenvalue weighted by atomic mass is 19.1. The van der Waals surface area contributed by atoms with Crippen LogP contribution in [0.25, 0.3) is 0 Å². The molecule has 1 rings (SSSR count). The van der Waals surface area contributed by atoms with E-state index in [2.05, 4.69) is 5.32 Å². The molecule has 0 radical (unpaired) electrons. The van der Waals surface area contributed by atoms with Crippen LogP contribution in [-0.2, 0) is 5.41 Å². The zero-order valence-electron chi connectivity index (χ0n) is 10.7. The number of nitrogens with one attached hydrogen (secondary N) is 1. The van der Waals surface area contributed by atoms with Crippen molar-refractivity contribution in [3.8, 4) is 5.75 Å². The molecule has 3 nitrogen and oxygen atoms in total. The number of rotatable bonds is 6. The SMILES string of the molecule is CCOc1ccc(C(C)(C)CNCN)cc1F. The first kappa shape index (κ1) is 13.9. The van der Waals surface area contributed by atoms with Crippen LogP contribution >= 0.6 is 0 Å². The van der Waals surface area contributed by atoms with Gasteiger partial charge in [0.25, 0.3) is 0 Å². The van der Waals surface area contributed by atoms with Gasteiger partial charge in [-0.1, -0.05) is 19.9 Å². The average molecular weight is 240 g/mol. The molecule has 0 unspecified atom stereocenters. The minimum Gasteiger partial charge on any atom is -0.491 e. The molecule has 0 saturated carbocycles. The molecule has 0 amide bonds. The Hall–Kier alpha value is -1.13. The first-order valence-corrected chi connectivity index (χ1v) is 5.85. The number of hydrogen-bond acceptors (Lipinski definition) is 3. The molecule has 0 atom stereocenters. The van der Waals surface area contributed by atoms with E-state index in [0.29, 0.717) is 25.6 Å². The van der Waals surface area contributed by atoms with Crippen molar-refractivity contribution in [1.29, 1.82) is 0 Å².